The second kappa shape index (κ2) is 13.4. The molecule has 0 saturated carbocycles. The third-order valence-corrected chi connectivity index (χ3v) is 9.73. The van der Waals surface area contributed by atoms with Crippen LogP contribution in [0.5, 0.6) is 0 Å². The van der Waals surface area contributed by atoms with Crippen LogP contribution in [0.15, 0.2) is 90.1 Å². The molecule has 0 saturated heterocycles. The molecule has 3 aromatic carbocycles. The molecule has 5 aromatic rings. The van der Waals surface area contributed by atoms with Crippen molar-refractivity contribution in [2.24, 2.45) is 12.8 Å². The average molecular weight is 655 g/mol. The number of fused-ring (bicyclic) bond motifs is 2. The van der Waals surface area contributed by atoms with Gasteiger partial charge in [-0.05, 0) is 42.3 Å². The zero-order chi connectivity index (χ0) is 33.9. The smallest absolute Gasteiger partial charge is 0.325 e. The molecule has 0 aliphatic rings. The van der Waals surface area contributed by atoms with Crippen molar-refractivity contribution in [2.45, 2.75) is 17.7 Å². The molecule has 47 heavy (non-hydrogen) atoms. The van der Waals surface area contributed by atoms with E-state index in [9.17, 15) is 22.8 Å². The number of aryl methyl sites for hydroxylation is 2. The Kier molecular flexibility index (Phi) is 9.38. The van der Waals surface area contributed by atoms with Crippen molar-refractivity contribution in [1.82, 2.24) is 14.5 Å². The molecule has 1 amide bonds. The number of nitrogens with two attached hydrogens (primary N) is 1. The molecule has 2 aromatic heterocycles. The van der Waals surface area contributed by atoms with Gasteiger partial charge >= 0.3 is 5.97 Å². The van der Waals surface area contributed by atoms with Gasteiger partial charge < -0.3 is 19.9 Å². The number of pyridine rings is 1. The van der Waals surface area contributed by atoms with Crippen LogP contribution in [0.4, 0.5) is 5.69 Å². The topological polar surface area (TPSA) is 169 Å². The summed E-state index contributed by atoms with van der Waals surface area (Å²) in [7, 11) is -0.0295. The maximum atomic E-state index is 14.4. The van der Waals surface area contributed by atoms with E-state index in [1.165, 1.54) is 26.4 Å². The molecule has 2 heterocycles. The summed E-state index contributed by atoms with van der Waals surface area (Å²) in [4.78, 5) is 44.1. The number of nitrogen functional groups attached to an aromatic ring is 1. The minimum absolute atomic E-state index is 0.0382. The van der Waals surface area contributed by atoms with Gasteiger partial charge in [0.2, 0.25) is 5.91 Å². The van der Waals surface area contributed by atoms with Crippen LogP contribution in [-0.4, -0.2) is 73.6 Å². The Balaban J connectivity index is 1.54. The fourth-order valence-corrected chi connectivity index (χ4v) is 6.88. The number of likely N-dealkylation sites (N-methyl/N-ethyl adjacent to an activating group) is 1. The van der Waals surface area contributed by atoms with Gasteiger partial charge in [-0.2, -0.15) is 0 Å². The van der Waals surface area contributed by atoms with Crippen molar-refractivity contribution in [2.75, 3.05) is 31.6 Å². The Morgan fingerprint density at radius 2 is 1.72 bits per heavy atom. The van der Waals surface area contributed by atoms with Gasteiger partial charge in [-0.15, -0.1) is 0 Å². The number of benzene rings is 3. The van der Waals surface area contributed by atoms with Gasteiger partial charge in [0.25, 0.3) is 10.0 Å². The Morgan fingerprint density at radius 3 is 2.43 bits per heavy atom. The number of sulfonamides is 1. The average Bonchev–Trinajstić information content (AvgIpc) is 3.40. The van der Waals surface area contributed by atoms with E-state index in [2.05, 4.69) is 9.72 Å². The van der Waals surface area contributed by atoms with Crippen LogP contribution in [0, 0.1) is 5.41 Å². The molecule has 0 radical (unpaired) electrons. The van der Waals surface area contributed by atoms with Crippen molar-refractivity contribution >= 4 is 61.0 Å². The third-order valence-electron chi connectivity index (χ3n) is 7.93. The Labute approximate surface area is 271 Å². The monoisotopic (exact) mass is 654 g/mol. The first-order chi connectivity index (χ1) is 22.4. The summed E-state index contributed by atoms with van der Waals surface area (Å²) in [5.74, 6) is -1.49. The molecule has 3 N–H and O–H groups in total. The Bertz CT molecular complexity index is 2120. The van der Waals surface area contributed by atoms with Crippen LogP contribution < -0.4 is 10.0 Å². The summed E-state index contributed by atoms with van der Waals surface area (Å²) >= 11 is 0. The van der Waals surface area contributed by atoms with Crippen LogP contribution in [0.25, 0.3) is 21.8 Å². The lowest BCUT2D eigenvalue weighted by Gasteiger charge is -2.27. The van der Waals surface area contributed by atoms with Gasteiger partial charge in [0, 0.05) is 60.3 Å². The maximum Gasteiger partial charge on any atom is 0.325 e. The van der Waals surface area contributed by atoms with Gasteiger partial charge in [-0.1, -0.05) is 42.5 Å². The SMILES string of the molecule is COC(=O)CN(C)C(=O)CN(c1ccc2c(c1)c(C(=O)CCc1ccc(C(=N)N)cc1)cn2C)S(=O)(=O)c1cccc2cccnc12. The Hall–Kier alpha value is -5.56. The number of esters is 1. The first-order valence-corrected chi connectivity index (χ1v) is 16.1. The van der Waals surface area contributed by atoms with E-state index in [4.69, 9.17) is 11.1 Å². The van der Waals surface area contributed by atoms with E-state index in [0.717, 1.165) is 14.8 Å². The highest BCUT2D eigenvalue weighted by Gasteiger charge is 2.31. The zero-order valence-corrected chi connectivity index (χ0v) is 27.0. The maximum absolute atomic E-state index is 14.4. The second-order valence-electron chi connectivity index (χ2n) is 11.1. The summed E-state index contributed by atoms with van der Waals surface area (Å²) < 4.78 is 36.2. The van der Waals surface area contributed by atoms with E-state index < -0.39 is 28.4 Å². The number of nitrogens with zero attached hydrogens (tertiary/aromatic N) is 4. The van der Waals surface area contributed by atoms with Gasteiger partial charge in [0.15, 0.2) is 5.78 Å². The standard InChI is InChI=1S/C34H34N6O6S/c1-38-19-27(29(41)16-11-22-9-12-24(13-10-22)34(35)36)26-18-25(14-15-28(26)38)40(20-31(42)39(2)21-32(43)46-3)47(44,45)30-8-4-6-23-7-5-17-37-33(23)30/h4-10,12-15,17-19H,11,16,20-21H2,1-3H3,(H3,35,36). The lowest BCUT2D eigenvalue weighted by atomic mass is 10.0. The number of amides is 1. The molecule has 5 rings (SSSR count). The second-order valence-corrected chi connectivity index (χ2v) is 12.9. The molecule has 13 heteroatoms. The highest BCUT2D eigenvalue weighted by Crippen LogP contribution is 2.32. The minimum Gasteiger partial charge on any atom is -0.468 e. The molecule has 0 fully saturated rings. The van der Waals surface area contributed by atoms with Gasteiger partial charge in [-0.3, -0.25) is 29.1 Å². The van der Waals surface area contributed by atoms with Crippen molar-refractivity contribution in [3.05, 3.63) is 102 Å². The summed E-state index contributed by atoms with van der Waals surface area (Å²) in [5.41, 5.74) is 8.54. The molecule has 0 aliphatic heterocycles. The number of hydrogen-bond donors (Lipinski definition) is 2. The quantitative estimate of drug-likeness (QED) is 0.0889. The number of Topliss-reactive ketones (excluding diaryl/α,β-unsaturated/α-hetero) is 1. The van der Waals surface area contributed by atoms with Crippen molar-refractivity contribution < 1.29 is 27.5 Å². The number of ketones is 1. The van der Waals surface area contributed by atoms with E-state index in [-0.39, 0.29) is 40.7 Å². The molecule has 0 atom stereocenters. The van der Waals surface area contributed by atoms with Gasteiger partial charge in [-0.25, -0.2) is 8.42 Å². The summed E-state index contributed by atoms with van der Waals surface area (Å²) in [6, 6.07) is 20.2. The number of hydrogen-bond acceptors (Lipinski definition) is 8. The number of para-hydroxylation sites is 1. The van der Waals surface area contributed by atoms with Crippen LogP contribution in [0.2, 0.25) is 0 Å². The highest BCUT2D eigenvalue weighted by atomic mass is 32.2. The van der Waals surface area contributed by atoms with Crippen molar-refractivity contribution in [3.8, 4) is 0 Å². The number of methoxy groups -OCH3 is 1. The molecule has 0 unspecified atom stereocenters. The number of aromatic nitrogens is 2. The van der Waals surface area contributed by atoms with Crippen LogP contribution in [0.3, 0.4) is 0 Å². The fraction of sp³-hybridized carbons (Fsp3) is 0.206. The van der Waals surface area contributed by atoms with Crippen LogP contribution in [0.1, 0.15) is 27.9 Å². The van der Waals surface area contributed by atoms with Gasteiger partial charge in [0.05, 0.1) is 18.3 Å². The minimum atomic E-state index is -4.40. The Morgan fingerprint density at radius 1 is 1.00 bits per heavy atom. The number of ether oxygens (including phenoxy) is 1. The highest BCUT2D eigenvalue weighted by molar-refractivity contribution is 7.93. The molecule has 0 spiro atoms. The van der Waals surface area contributed by atoms with E-state index in [1.807, 2.05) is 12.1 Å². The number of anilines is 1. The lowest BCUT2D eigenvalue weighted by Crippen LogP contribution is -2.43. The van der Waals surface area contributed by atoms with Crippen molar-refractivity contribution in [3.63, 3.8) is 0 Å². The number of carbonyl (C=O) groups excluding carboxylic acids is 3. The van der Waals surface area contributed by atoms with E-state index >= 15 is 0 Å². The largest absolute Gasteiger partial charge is 0.468 e. The number of rotatable bonds is 12. The molecule has 242 valence electrons. The van der Waals surface area contributed by atoms with Crippen LogP contribution in [-0.2, 0) is 37.8 Å². The number of amidine groups is 1. The van der Waals surface area contributed by atoms with E-state index in [1.54, 1.807) is 72.4 Å². The number of carbonyl (C=O) groups is 3. The zero-order valence-electron chi connectivity index (χ0n) is 26.1. The predicted molar refractivity (Wildman–Crippen MR) is 179 cm³/mol. The van der Waals surface area contributed by atoms with Crippen molar-refractivity contribution in [1.29, 1.82) is 5.41 Å². The molecular formula is C34H34N6O6S. The fourth-order valence-electron chi connectivity index (χ4n) is 5.31. The summed E-state index contributed by atoms with van der Waals surface area (Å²) in [6.45, 7) is -0.996. The van der Waals surface area contributed by atoms with E-state index in [0.29, 0.717) is 33.8 Å². The first kappa shape index (κ1) is 32.8. The molecule has 0 aliphatic carbocycles. The molecular weight excluding hydrogens is 620 g/mol. The predicted octanol–water partition coefficient (Wildman–Crippen LogP) is 3.65. The van der Waals surface area contributed by atoms with Crippen LogP contribution >= 0.6 is 0 Å². The first-order valence-electron chi connectivity index (χ1n) is 14.6. The third kappa shape index (κ3) is 6.84. The summed E-state index contributed by atoms with van der Waals surface area (Å²) in [5, 5.41) is 8.69. The summed E-state index contributed by atoms with van der Waals surface area (Å²) in [6.07, 6.45) is 3.83. The van der Waals surface area contributed by atoms with Gasteiger partial charge in [0.1, 0.15) is 23.8 Å². The normalized spacial score (nSPS) is 11.4. The molecule has 0 bridgehead atoms. The number of nitrogens with one attached hydrogen (secondary N) is 1. The molecule has 12 nitrogen and oxygen atoms in total. The lowest BCUT2D eigenvalue weighted by molar-refractivity contribution is -0.145.